The van der Waals surface area contributed by atoms with Gasteiger partial charge in [0.2, 0.25) is 0 Å². The highest BCUT2D eigenvalue weighted by Gasteiger charge is 2.20. The van der Waals surface area contributed by atoms with Crippen LogP contribution in [0.25, 0.3) is 93.6 Å². The van der Waals surface area contributed by atoms with E-state index in [0.717, 1.165) is 11.4 Å². The molecule has 0 aliphatic carbocycles. The van der Waals surface area contributed by atoms with Crippen molar-refractivity contribution in [1.82, 2.24) is 13.7 Å². The monoisotopic (exact) mass is 649 g/mol. The van der Waals surface area contributed by atoms with Gasteiger partial charge in [-0.1, -0.05) is 127 Å². The lowest BCUT2D eigenvalue weighted by molar-refractivity contribution is 1.15. The Kier molecular flexibility index (Phi) is 5.96. The van der Waals surface area contributed by atoms with Crippen molar-refractivity contribution >= 4 is 65.4 Å². The first-order valence-corrected chi connectivity index (χ1v) is 17.5. The highest BCUT2D eigenvalue weighted by atomic mass is 15.0. The van der Waals surface area contributed by atoms with Crippen molar-refractivity contribution in [2.24, 2.45) is 0 Å². The number of benzene rings is 8. The standard InChI is InChI=1S/C48H31N3/c1-2-13-32(14-3-1)33-25-27-34(28-26-33)49-41-19-8-4-17-38(41)39-30-29-35(31-47(39)49)50-44-22-11-7-18-40(44)48-45(50)23-12-24-46(48)51-42-20-9-5-15-36(42)37-16-6-10-21-43(37)51/h1-31H. The van der Waals surface area contributed by atoms with Gasteiger partial charge in [-0.25, -0.2) is 0 Å². The average molecular weight is 650 g/mol. The predicted octanol–water partition coefficient (Wildman–Crippen LogP) is 12.6. The molecular formula is C48H31N3. The maximum Gasteiger partial charge on any atom is 0.0562 e. The average Bonchev–Trinajstić information content (AvgIpc) is 3.84. The van der Waals surface area contributed by atoms with Gasteiger partial charge in [0, 0.05) is 43.7 Å². The molecule has 0 atom stereocenters. The van der Waals surface area contributed by atoms with Crippen molar-refractivity contribution in [3.05, 3.63) is 188 Å². The third kappa shape index (κ3) is 4.06. The van der Waals surface area contributed by atoms with E-state index in [1.807, 2.05) is 0 Å². The zero-order valence-corrected chi connectivity index (χ0v) is 27.7. The molecule has 0 saturated heterocycles. The first-order valence-electron chi connectivity index (χ1n) is 17.5. The molecule has 0 amide bonds. The van der Waals surface area contributed by atoms with Gasteiger partial charge < -0.3 is 13.7 Å². The van der Waals surface area contributed by atoms with E-state index in [1.54, 1.807) is 0 Å². The Balaban J connectivity index is 1.17. The minimum absolute atomic E-state index is 1.14. The SMILES string of the molecule is c1ccc(-c2ccc(-n3c4ccccc4c4ccc(-n5c6ccccc6c6c(-n7c8ccccc8c8ccccc87)cccc65)cc43)cc2)cc1. The Bertz CT molecular complexity index is 3070. The van der Waals surface area contributed by atoms with Gasteiger partial charge in [0.15, 0.2) is 0 Å². The largest absolute Gasteiger partial charge is 0.309 e. The van der Waals surface area contributed by atoms with Gasteiger partial charge in [0.05, 0.1) is 38.8 Å². The summed E-state index contributed by atoms with van der Waals surface area (Å²) in [6, 6.07) is 68.4. The maximum atomic E-state index is 2.45. The van der Waals surface area contributed by atoms with Crippen LogP contribution in [0.4, 0.5) is 0 Å². The molecule has 0 N–H and O–H groups in total. The lowest BCUT2D eigenvalue weighted by Gasteiger charge is -2.13. The summed E-state index contributed by atoms with van der Waals surface area (Å²) in [5, 5.41) is 7.52. The summed E-state index contributed by atoms with van der Waals surface area (Å²) in [5.74, 6) is 0. The Labute approximate surface area is 294 Å². The number of hydrogen-bond acceptors (Lipinski definition) is 0. The van der Waals surface area contributed by atoms with E-state index >= 15 is 0 Å². The highest BCUT2D eigenvalue weighted by molar-refractivity contribution is 6.17. The predicted molar refractivity (Wildman–Crippen MR) is 215 cm³/mol. The van der Waals surface area contributed by atoms with Crippen LogP contribution in [0.3, 0.4) is 0 Å². The number of aromatic nitrogens is 3. The van der Waals surface area contributed by atoms with Crippen LogP contribution in [0, 0.1) is 0 Å². The summed E-state index contributed by atoms with van der Waals surface area (Å²) in [4.78, 5) is 0. The molecule has 0 unspecified atom stereocenters. The van der Waals surface area contributed by atoms with Gasteiger partial charge in [-0.05, 0) is 71.8 Å². The summed E-state index contributed by atoms with van der Waals surface area (Å²) < 4.78 is 7.31. The molecule has 0 saturated carbocycles. The highest BCUT2D eigenvalue weighted by Crippen LogP contribution is 2.41. The third-order valence-electron chi connectivity index (χ3n) is 10.6. The second kappa shape index (κ2) is 10.8. The first-order chi connectivity index (χ1) is 25.3. The molecule has 8 aromatic carbocycles. The lowest BCUT2D eigenvalue weighted by atomic mass is 10.1. The first kappa shape index (κ1) is 28.0. The fourth-order valence-electron chi connectivity index (χ4n) is 8.46. The smallest absolute Gasteiger partial charge is 0.0562 e. The fraction of sp³-hybridized carbons (Fsp3) is 0. The van der Waals surface area contributed by atoms with Crippen molar-refractivity contribution in [2.45, 2.75) is 0 Å². The number of para-hydroxylation sites is 4. The molecule has 0 aliphatic rings. The molecule has 11 rings (SSSR count). The number of nitrogens with zero attached hydrogens (tertiary/aromatic N) is 3. The molecule has 0 radical (unpaired) electrons. The molecule has 3 heteroatoms. The minimum Gasteiger partial charge on any atom is -0.309 e. The summed E-state index contributed by atoms with van der Waals surface area (Å²) in [6.07, 6.45) is 0. The van der Waals surface area contributed by atoms with Crippen LogP contribution >= 0.6 is 0 Å². The number of hydrogen-bond donors (Lipinski definition) is 0. The van der Waals surface area contributed by atoms with Crippen LogP contribution < -0.4 is 0 Å². The third-order valence-corrected chi connectivity index (χ3v) is 10.6. The number of fused-ring (bicyclic) bond motifs is 9. The molecule has 3 aromatic heterocycles. The molecule has 238 valence electrons. The van der Waals surface area contributed by atoms with Gasteiger partial charge in [-0.15, -0.1) is 0 Å². The second-order valence-electron chi connectivity index (χ2n) is 13.4. The molecule has 0 fully saturated rings. The van der Waals surface area contributed by atoms with E-state index in [0.29, 0.717) is 0 Å². The van der Waals surface area contributed by atoms with Crippen LogP contribution in [-0.4, -0.2) is 13.7 Å². The summed E-state index contributed by atoms with van der Waals surface area (Å²) in [7, 11) is 0. The van der Waals surface area contributed by atoms with E-state index in [4.69, 9.17) is 0 Å². The fourth-order valence-corrected chi connectivity index (χ4v) is 8.46. The van der Waals surface area contributed by atoms with Crippen LogP contribution in [0.15, 0.2) is 188 Å². The molecular weight excluding hydrogens is 619 g/mol. The number of rotatable bonds is 4. The van der Waals surface area contributed by atoms with Crippen molar-refractivity contribution in [1.29, 1.82) is 0 Å². The van der Waals surface area contributed by atoms with Crippen LogP contribution in [0.1, 0.15) is 0 Å². The summed E-state index contributed by atoms with van der Waals surface area (Å²) in [5.41, 5.74) is 13.1. The van der Waals surface area contributed by atoms with Gasteiger partial charge in [-0.2, -0.15) is 0 Å². The minimum atomic E-state index is 1.14. The molecule has 3 heterocycles. The summed E-state index contributed by atoms with van der Waals surface area (Å²) >= 11 is 0. The Morgan fingerprint density at radius 2 is 0.706 bits per heavy atom. The summed E-state index contributed by atoms with van der Waals surface area (Å²) in [6.45, 7) is 0. The maximum absolute atomic E-state index is 2.45. The molecule has 0 aliphatic heterocycles. The molecule has 0 bridgehead atoms. The van der Waals surface area contributed by atoms with E-state index < -0.39 is 0 Å². The normalized spacial score (nSPS) is 11.9. The van der Waals surface area contributed by atoms with E-state index in [1.165, 1.54) is 82.2 Å². The zero-order valence-electron chi connectivity index (χ0n) is 27.7. The Morgan fingerprint density at radius 1 is 0.255 bits per heavy atom. The molecule has 3 nitrogen and oxygen atoms in total. The zero-order chi connectivity index (χ0) is 33.5. The van der Waals surface area contributed by atoms with Gasteiger partial charge in [0.1, 0.15) is 0 Å². The molecule has 0 spiro atoms. The van der Waals surface area contributed by atoms with E-state index in [2.05, 4.69) is 202 Å². The Hall–Kier alpha value is -6.84. The Morgan fingerprint density at radius 3 is 1.35 bits per heavy atom. The molecule has 11 aromatic rings. The van der Waals surface area contributed by atoms with Crippen LogP contribution in [0.2, 0.25) is 0 Å². The van der Waals surface area contributed by atoms with Crippen molar-refractivity contribution in [2.75, 3.05) is 0 Å². The van der Waals surface area contributed by atoms with E-state index in [-0.39, 0.29) is 0 Å². The van der Waals surface area contributed by atoms with Crippen molar-refractivity contribution in [3.63, 3.8) is 0 Å². The van der Waals surface area contributed by atoms with Gasteiger partial charge in [-0.3, -0.25) is 0 Å². The van der Waals surface area contributed by atoms with Crippen molar-refractivity contribution < 1.29 is 0 Å². The molecule has 51 heavy (non-hydrogen) atoms. The van der Waals surface area contributed by atoms with Gasteiger partial charge >= 0.3 is 0 Å². The second-order valence-corrected chi connectivity index (χ2v) is 13.4. The van der Waals surface area contributed by atoms with E-state index in [9.17, 15) is 0 Å². The van der Waals surface area contributed by atoms with Crippen molar-refractivity contribution in [3.8, 4) is 28.2 Å². The van der Waals surface area contributed by atoms with Crippen LogP contribution in [-0.2, 0) is 0 Å². The van der Waals surface area contributed by atoms with Gasteiger partial charge in [0.25, 0.3) is 0 Å². The quantitative estimate of drug-likeness (QED) is 0.180. The lowest BCUT2D eigenvalue weighted by Crippen LogP contribution is -1.98. The van der Waals surface area contributed by atoms with Crippen LogP contribution in [0.5, 0.6) is 0 Å². The topological polar surface area (TPSA) is 14.8 Å².